The van der Waals surface area contributed by atoms with E-state index in [-0.39, 0.29) is 0 Å². The molecule has 132 valence electrons. The predicted molar refractivity (Wildman–Crippen MR) is 111 cm³/mol. The smallest absolute Gasteiger partial charge is 0.129 e. The van der Waals surface area contributed by atoms with Crippen molar-refractivity contribution in [1.82, 2.24) is 4.90 Å². The van der Waals surface area contributed by atoms with E-state index in [2.05, 4.69) is 65.6 Å². The van der Waals surface area contributed by atoms with Crippen LogP contribution < -0.4 is 0 Å². The molecule has 0 aromatic heterocycles. The molecule has 0 saturated heterocycles. The summed E-state index contributed by atoms with van der Waals surface area (Å²) in [7, 11) is 0. The van der Waals surface area contributed by atoms with E-state index < -0.39 is 0 Å². The van der Waals surface area contributed by atoms with Gasteiger partial charge in [0.2, 0.25) is 0 Å². The van der Waals surface area contributed by atoms with Gasteiger partial charge in [0.1, 0.15) is 5.75 Å². The van der Waals surface area contributed by atoms with Gasteiger partial charge in [0.25, 0.3) is 0 Å². The molecule has 2 aromatic rings. The van der Waals surface area contributed by atoms with Crippen molar-refractivity contribution < 1.29 is 5.11 Å². The largest absolute Gasteiger partial charge is 0.507 e. The number of aryl methyl sites for hydroxylation is 2. The van der Waals surface area contributed by atoms with Crippen LogP contribution in [0.2, 0.25) is 0 Å². The average Bonchev–Trinajstić information content (AvgIpc) is 2.60. The first kappa shape index (κ1) is 17.3. The highest BCUT2D eigenvalue weighted by molar-refractivity contribution is 14.1. The lowest BCUT2D eigenvalue weighted by Crippen LogP contribution is -2.46. The molecule has 0 unspecified atom stereocenters. The number of fused-ring (bicyclic) bond motifs is 5. The van der Waals surface area contributed by atoms with Crippen molar-refractivity contribution in [3.8, 4) is 5.75 Å². The molecule has 25 heavy (non-hydrogen) atoms. The lowest BCUT2D eigenvalue weighted by molar-refractivity contribution is 0.139. The molecule has 3 heteroatoms. The normalized spacial score (nSPS) is 22.2. The third-order valence-electron chi connectivity index (χ3n) is 5.91. The summed E-state index contributed by atoms with van der Waals surface area (Å²) in [5, 5.41) is 10.3. The minimum absolute atomic E-state index is 0.396. The van der Waals surface area contributed by atoms with Crippen LogP contribution in [0.15, 0.2) is 30.3 Å². The van der Waals surface area contributed by atoms with Crippen LogP contribution in [0.1, 0.15) is 59.9 Å². The van der Waals surface area contributed by atoms with Crippen molar-refractivity contribution >= 4 is 22.6 Å². The molecule has 1 N–H and O–H groups in total. The van der Waals surface area contributed by atoms with Crippen LogP contribution in [0.3, 0.4) is 0 Å². The summed E-state index contributed by atoms with van der Waals surface area (Å²) in [6.07, 6.45) is 4.84. The summed E-state index contributed by atoms with van der Waals surface area (Å²) in [6.45, 7) is 6.71. The van der Waals surface area contributed by atoms with E-state index in [0.717, 1.165) is 16.5 Å². The first-order valence-electron chi connectivity index (χ1n) is 9.43. The molecule has 1 aliphatic heterocycles. The Morgan fingerprint density at radius 1 is 1.16 bits per heavy atom. The van der Waals surface area contributed by atoms with Gasteiger partial charge in [-0.25, -0.2) is 0 Å². The summed E-state index contributed by atoms with van der Waals surface area (Å²) < 4.78 is 0.970. The molecule has 2 atom stereocenters. The van der Waals surface area contributed by atoms with Crippen molar-refractivity contribution in [3.05, 3.63) is 61.7 Å². The Kier molecular flexibility index (Phi) is 4.80. The number of benzene rings is 2. The zero-order chi connectivity index (χ0) is 17.6. The summed E-state index contributed by atoms with van der Waals surface area (Å²) in [4.78, 5) is 2.70. The Labute approximate surface area is 164 Å². The van der Waals surface area contributed by atoms with E-state index in [1.807, 2.05) is 6.07 Å². The van der Waals surface area contributed by atoms with Crippen molar-refractivity contribution in [2.24, 2.45) is 0 Å². The topological polar surface area (TPSA) is 23.5 Å². The van der Waals surface area contributed by atoms with Crippen LogP contribution in [0, 0.1) is 10.5 Å². The number of nitrogens with zero attached hydrogens (tertiary/aromatic N) is 1. The Hall–Kier alpha value is -1.07. The number of unbranched alkanes of at least 4 members (excludes halogenated alkanes) is 1. The van der Waals surface area contributed by atoms with Gasteiger partial charge in [-0.05, 0) is 89.7 Å². The van der Waals surface area contributed by atoms with Crippen LogP contribution in [0.5, 0.6) is 5.75 Å². The molecular weight excluding hydrogens is 421 g/mol. The van der Waals surface area contributed by atoms with Crippen LogP contribution in [0.4, 0.5) is 0 Å². The maximum Gasteiger partial charge on any atom is 0.129 e. The van der Waals surface area contributed by atoms with Gasteiger partial charge in [-0.2, -0.15) is 0 Å². The van der Waals surface area contributed by atoms with Gasteiger partial charge in [0.05, 0.1) is 3.57 Å². The number of aromatic hydroxyl groups is 1. The fraction of sp³-hybridized carbons (Fsp3) is 0.455. The fourth-order valence-corrected chi connectivity index (χ4v) is 5.22. The maximum atomic E-state index is 10.3. The van der Waals surface area contributed by atoms with E-state index in [1.165, 1.54) is 53.6 Å². The van der Waals surface area contributed by atoms with Gasteiger partial charge in [-0.3, -0.25) is 4.90 Å². The minimum atomic E-state index is 0.396. The van der Waals surface area contributed by atoms with Crippen molar-refractivity contribution in [2.45, 2.75) is 58.0 Å². The van der Waals surface area contributed by atoms with Crippen molar-refractivity contribution in [2.75, 3.05) is 6.54 Å². The van der Waals surface area contributed by atoms with Crippen LogP contribution >= 0.6 is 22.6 Å². The second kappa shape index (κ2) is 6.92. The average molecular weight is 447 g/mol. The second-order valence-corrected chi connectivity index (χ2v) is 8.77. The quantitative estimate of drug-likeness (QED) is 0.640. The molecule has 2 aromatic carbocycles. The number of phenols is 1. The van der Waals surface area contributed by atoms with Gasteiger partial charge >= 0.3 is 0 Å². The summed E-state index contributed by atoms with van der Waals surface area (Å²) in [6, 6.07) is 11.8. The van der Waals surface area contributed by atoms with E-state index in [1.54, 1.807) is 0 Å². The summed E-state index contributed by atoms with van der Waals surface area (Å²) in [5.41, 5.74) is 7.06. The third-order valence-corrected chi connectivity index (χ3v) is 6.78. The van der Waals surface area contributed by atoms with Crippen LogP contribution in [0.25, 0.3) is 0 Å². The van der Waals surface area contributed by atoms with E-state index in [0.29, 0.717) is 17.7 Å². The van der Waals surface area contributed by atoms with Crippen LogP contribution in [-0.4, -0.2) is 22.6 Å². The Morgan fingerprint density at radius 2 is 2.00 bits per heavy atom. The minimum Gasteiger partial charge on any atom is -0.507 e. The molecule has 1 aliphatic carbocycles. The monoisotopic (exact) mass is 447 g/mol. The highest BCUT2D eigenvalue weighted by Gasteiger charge is 2.39. The molecule has 2 aliphatic rings. The molecule has 0 bridgehead atoms. The Morgan fingerprint density at radius 3 is 2.80 bits per heavy atom. The maximum absolute atomic E-state index is 10.3. The molecule has 0 spiro atoms. The van der Waals surface area contributed by atoms with Crippen molar-refractivity contribution in [3.63, 3.8) is 0 Å². The fourth-order valence-electron chi connectivity index (χ4n) is 4.69. The molecule has 0 radical (unpaired) electrons. The molecule has 4 rings (SSSR count). The number of rotatable bonds is 3. The lowest BCUT2D eigenvalue weighted by atomic mass is 9.71. The van der Waals surface area contributed by atoms with Gasteiger partial charge < -0.3 is 5.11 Å². The zero-order valence-corrected chi connectivity index (χ0v) is 17.2. The van der Waals surface area contributed by atoms with Gasteiger partial charge in [-0.1, -0.05) is 37.1 Å². The second-order valence-electron chi connectivity index (χ2n) is 7.61. The van der Waals surface area contributed by atoms with Gasteiger partial charge in [0, 0.05) is 18.5 Å². The van der Waals surface area contributed by atoms with Crippen LogP contribution in [-0.2, 0) is 13.0 Å². The standard InChI is InChI=1S/C22H26INO/c1-3-4-9-24-13-16-10-14(2)5-7-17(16)22-18-12-21(25)19(23)11-15(18)6-8-20(22)24/h5,7,10-12,20,22,25H,3-4,6,8-9,13H2,1-2H3/t20-,22-/m1/s1. The van der Waals surface area contributed by atoms with Gasteiger partial charge in [0.15, 0.2) is 0 Å². The van der Waals surface area contributed by atoms with E-state index in [9.17, 15) is 5.11 Å². The first-order chi connectivity index (χ1) is 12.1. The first-order valence-corrected chi connectivity index (χ1v) is 10.5. The highest BCUT2D eigenvalue weighted by atomic mass is 127. The lowest BCUT2D eigenvalue weighted by Gasteiger charge is -2.46. The highest BCUT2D eigenvalue weighted by Crippen LogP contribution is 2.46. The molecule has 1 heterocycles. The summed E-state index contributed by atoms with van der Waals surface area (Å²) in [5.74, 6) is 0.826. The third kappa shape index (κ3) is 3.10. The Bertz CT molecular complexity index is 801. The number of hydrogen-bond donors (Lipinski definition) is 1. The molecule has 0 saturated carbocycles. The number of hydrogen-bond acceptors (Lipinski definition) is 2. The van der Waals surface area contributed by atoms with E-state index in [4.69, 9.17) is 0 Å². The number of phenolic OH excluding ortho intramolecular Hbond substituents is 1. The van der Waals surface area contributed by atoms with E-state index >= 15 is 0 Å². The molecular formula is C22H26INO. The van der Waals surface area contributed by atoms with Crippen molar-refractivity contribution in [1.29, 1.82) is 0 Å². The zero-order valence-electron chi connectivity index (χ0n) is 15.1. The number of halogens is 1. The molecule has 2 nitrogen and oxygen atoms in total. The predicted octanol–water partition coefficient (Wildman–Crippen LogP) is 5.37. The molecule has 0 fully saturated rings. The van der Waals surface area contributed by atoms with Gasteiger partial charge in [-0.15, -0.1) is 0 Å². The summed E-state index contributed by atoms with van der Waals surface area (Å²) >= 11 is 2.24. The Balaban J connectivity index is 1.84. The SMILES string of the molecule is CCCCN1Cc2cc(C)ccc2[C@@H]2c3cc(O)c(I)cc3CC[C@H]21. The molecule has 0 amide bonds.